The Hall–Kier alpha value is -0.990. The standard InChI is InChI=1S/C12H12ClF6NO/c1-20-6-9(7-2-4-8(13)5-3-7)21-10(11(14,15)16)12(17,18)19/h2-5,9-10,20H,6H2,1H3. The predicted molar refractivity (Wildman–Crippen MR) is 65.1 cm³/mol. The summed E-state index contributed by atoms with van der Waals surface area (Å²) in [5.41, 5.74) is 0.159. The maximum atomic E-state index is 12.5. The third kappa shape index (κ3) is 5.37. The summed E-state index contributed by atoms with van der Waals surface area (Å²) in [6, 6.07) is 5.35. The van der Waals surface area contributed by atoms with E-state index in [1.165, 1.54) is 31.3 Å². The lowest BCUT2D eigenvalue weighted by Gasteiger charge is -2.28. The molecule has 0 saturated heterocycles. The Kier molecular flexibility index (Phi) is 5.89. The van der Waals surface area contributed by atoms with E-state index in [1.807, 2.05) is 0 Å². The molecule has 0 spiro atoms. The molecule has 0 fully saturated rings. The van der Waals surface area contributed by atoms with Gasteiger partial charge in [0, 0.05) is 11.6 Å². The molecule has 1 atom stereocenters. The molecule has 1 N–H and O–H groups in total. The van der Waals surface area contributed by atoms with Crippen molar-refractivity contribution in [1.82, 2.24) is 5.32 Å². The monoisotopic (exact) mass is 335 g/mol. The number of rotatable bonds is 5. The van der Waals surface area contributed by atoms with Crippen molar-refractivity contribution in [2.45, 2.75) is 24.6 Å². The molecule has 1 aromatic carbocycles. The maximum absolute atomic E-state index is 12.5. The fourth-order valence-electron chi connectivity index (χ4n) is 1.61. The molecule has 0 heterocycles. The van der Waals surface area contributed by atoms with Crippen LogP contribution < -0.4 is 5.32 Å². The van der Waals surface area contributed by atoms with E-state index < -0.39 is 24.6 Å². The number of likely N-dealkylation sites (N-methyl/N-ethyl adjacent to an activating group) is 1. The quantitative estimate of drug-likeness (QED) is 0.818. The Labute approximate surface area is 122 Å². The van der Waals surface area contributed by atoms with Gasteiger partial charge in [0.25, 0.3) is 0 Å². The van der Waals surface area contributed by atoms with Crippen molar-refractivity contribution in [3.05, 3.63) is 34.9 Å². The molecular weight excluding hydrogens is 324 g/mol. The fraction of sp³-hybridized carbons (Fsp3) is 0.500. The molecule has 0 bridgehead atoms. The number of benzene rings is 1. The molecule has 1 aromatic rings. The van der Waals surface area contributed by atoms with Crippen LogP contribution in [0.4, 0.5) is 26.3 Å². The van der Waals surface area contributed by atoms with Gasteiger partial charge in [-0.25, -0.2) is 0 Å². The minimum Gasteiger partial charge on any atom is -0.351 e. The van der Waals surface area contributed by atoms with E-state index in [0.29, 0.717) is 5.02 Å². The Morgan fingerprint density at radius 3 is 1.90 bits per heavy atom. The van der Waals surface area contributed by atoms with Crippen molar-refractivity contribution in [2.24, 2.45) is 0 Å². The van der Waals surface area contributed by atoms with Gasteiger partial charge in [-0.3, -0.25) is 0 Å². The van der Waals surface area contributed by atoms with Crippen molar-refractivity contribution in [3.8, 4) is 0 Å². The lowest BCUT2D eigenvalue weighted by atomic mass is 10.1. The highest BCUT2D eigenvalue weighted by Crippen LogP contribution is 2.38. The fourth-order valence-corrected chi connectivity index (χ4v) is 1.74. The molecule has 0 radical (unpaired) electrons. The minimum atomic E-state index is -5.54. The molecule has 2 nitrogen and oxygen atoms in total. The van der Waals surface area contributed by atoms with E-state index in [0.717, 1.165) is 0 Å². The molecule has 0 amide bonds. The van der Waals surface area contributed by atoms with Crippen molar-refractivity contribution in [1.29, 1.82) is 0 Å². The van der Waals surface area contributed by atoms with E-state index in [4.69, 9.17) is 11.6 Å². The highest BCUT2D eigenvalue weighted by molar-refractivity contribution is 6.30. The lowest BCUT2D eigenvalue weighted by molar-refractivity contribution is -0.331. The van der Waals surface area contributed by atoms with Crippen LogP contribution in [0.1, 0.15) is 11.7 Å². The number of halogens is 7. The lowest BCUT2D eigenvalue weighted by Crippen LogP contribution is -2.46. The highest BCUT2D eigenvalue weighted by atomic mass is 35.5. The number of hydrogen-bond acceptors (Lipinski definition) is 2. The summed E-state index contributed by atoms with van der Waals surface area (Å²) in [5, 5.41) is 2.81. The zero-order valence-corrected chi connectivity index (χ0v) is 11.5. The first kappa shape index (κ1) is 18.1. The third-order valence-electron chi connectivity index (χ3n) is 2.53. The Morgan fingerprint density at radius 1 is 1.05 bits per heavy atom. The highest BCUT2D eigenvalue weighted by Gasteiger charge is 2.58. The van der Waals surface area contributed by atoms with E-state index in [-0.39, 0.29) is 12.1 Å². The third-order valence-corrected chi connectivity index (χ3v) is 2.78. The molecule has 9 heteroatoms. The van der Waals surface area contributed by atoms with Crippen molar-refractivity contribution in [3.63, 3.8) is 0 Å². The second-order valence-corrected chi connectivity index (χ2v) is 4.63. The largest absolute Gasteiger partial charge is 0.423 e. The maximum Gasteiger partial charge on any atom is 0.423 e. The first-order valence-corrected chi connectivity index (χ1v) is 6.12. The zero-order chi connectivity index (χ0) is 16.3. The predicted octanol–water partition coefficient (Wildman–Crippen LogP) is 4.11. The summed E-state index contributed by atoms with van der Waals surface area (Å²) in [6.07, 6.45) is -16.4. The van der Waals surface area contributed by atoms with Gasteiger partial charge in [0.1, 0.15) is 0 Å². The molecule has 0 saturated carbocycles. The average molecular weight is 336 g/mol. The summed E-state index contributed by atoms with van der Waals surface area (Å²) < 4.78 is 79.4. The summed E-state index contributed by atoms with van der Waals surface area (Å²) in [7, 11) is 1.39. The molecule has 1 rings (SSSR count). The number of alkyl halides is 6. The Morgan fingerprint density at radius 2 is 1.52 bits per heavy atom. The minimum absolute atomic E-state index is 0.159. The van der Waals surface area contributed by atoms with Gasteiger partial charge in [0.2, 0.25) is 6.10 Å². The number of hydrogen-bond donors (Lipinski definition) is 1. The SMILES string of the molecule is CNCC(OC(C(F)(F)F)C(F)(F)F)c1ccc(Cl)cc1. The first-order valence-electron chi connectivity index (χ1n) is 5.74. The van der Waals surface area contributed by atoms with Gasteiger partial charge in [-0.05, 0) is 24.7 Å². The van der Waals surface area contributed by atoms with Gasteiger partial charge in [-0.15, -0.1) is 0 Å². The van der Waals surface area contributed by atoms with Gasteiger partial charge in [0.05, 0.1) is 6.10 Å². The number of nitrogens with one attached hydrogen (secondary N) is 1. The van der Waals surface area contributed by atoms with Crippen LogP contribution in [0.2, 0.25) is 5.02 Å². The van der Waals surface area contributed by atoms with Crippen LogP contribution in [0.15, 0.2) is 24.3 Å². The molecule has 0 aliphatic heterocycles. The van der Waals surface area contributed by atoms with Crippen LogP contribution in [-0.4, -0.2) is 32.0 Å². The van der Waals surface area contributed by atoms with Gasteiger partial charge in [-0.1, -0.05) is 23.7 Å². The van der Waals surface area contributed by atoms with Crippen molar-refractivity contribution >= 4 is 11.6 Å². The first-order chi connectivity index (χ1) is 9.55. The second kappa shape index (κ2) is 6.85. The molecule has 21 heavy (non-hydrogen) atoms. The molecule has 1 unspecified atom stereocenters. The van der Waals surface area contributed by atoms with Gasteiger partial charge in [-0.2, -0.15) is 26.3 Å². The van der Waals surface area contributed by atoms with E-state index in [9.17, 15) is 26.3 Å². The normalized spacial score (nSPS) is 14.5. The van der Waals surface area contributed by atoms with Crippen LogP contribution >= 0.6 is 11.6 Å². The topological polar surface area (TPSA) is 21.3 Å². The zero-order valence-electron chi connectivity index (χ0n) is 10.7. The van der Waals surface area contributed by atoms with Crippen LogP contribution in [0.3, 0.4) is 0 Å². The van der Waals surface area contributed by atoms with Crippen LogP contribution in [0.25, 0.3) is 0 Å². The average Bonchev–Trinajstić information content (AvgIpc) is 2.32. The molecular formula is C12H12ClF6NO. The Bertz CT molecular complexity index is 431. The summed E-state index contributed by atoms with van der Waals surface area (Å²) in [5.74, 6) is 0. The number of ether oxygens (including phenoxy) is 1. The smallest absolute Gasteiger partial charge is 0.351 e. The van der Waals surface area contributed by atoms with E-state index in [1.54, 1.807) is 0 Å². The molecule has 0 aromatic heterocycles. The molecule has 0 aliphatic carbocycles. The summed E-state index contributed by atoms with van der Waals surface area (Å²) in [6.45, 7) is -0.218. The van der Waals surface area contributed by atoms with Gasteiger partial charge < -0.3 is 10.1 Å². The van der Waals surface area contributed by atoms with Crippen molar-refractivity contribution in [2.75, 3.05) is 13.6 Å². The van der Waals surface area contributed by atoms with E-state index >= 15 is 0 Å². The molecule has 0 aliphatic rings. The van der Waals surface area contributed by atoms with E-state index in [2.05, 4.69) is 10.1 Å². The van der Waals surface area contributed by atoms with Gasteiger partial charge in [0.15, 0.2) is 0 Å². The summed E-state index contributed by atoms with van der Waals surface area (Å²) >= 11 is 5.63. The van der Waals surface area contributed by atoms with Crippen LogP contribution in [0.5, 0.6) is 0 Å². The molecule has 120 valence electrons. The van der Waals surface area contributed by atoms with Crippen LogP contribution in [-0.2, 0) is 4.74 Å². The van der Waals surface area contributed by atoms with Crippen molar-refractivity contribution < 1.29 is 31.1 Å². The Balaban J connectivity index is 3.02. The van der Waals surface area contributed by atoms with Crippen LogP contribution in [0, 0.1) is 0 Å². The van der Waals surface area contributed by atoms with Gasteiger partial charge >= 0.3 is 12.4 Å². The summed E-state index contributed by atoms with van der Waals surface area (Å²) in [4.78, 5) is 0. The second-order valence-electron chi connectivity index (χ2n) is 4.20.